The molecule has 0 aromatic heterocycles. The second-order valence-electron chi connectivity index (χ2n) is 4.17. The molecule has 1 aliphatic heterocycles. The largest absolute Gasteiger partial charge is 0.355 e. The number of rotatable bonds is 3. The molecule has 4 heteroatoms. The SMILES string of the molecule is CC(S)C(=O)NCC1CCN(C)CC1. The second kappa shape index (κ2) is 5.61. The molecule has 1 heterocycles. The topological polar surface area (TPSA) is 32.3 Å². The zero-order valence-electron chi connectivity index (χ0n) is 8.99. The van der Waals surface area contributed by atoms with Gasteiger partial charge < -0.3 is 10.2 Å². The van der Waals surface area contributed by atoms with Crippen molar-refractivity contribution in [2.75, 3.05) is 26.7 Å². The highest BCUT2D eigenvalue weighted by Crippen LogP contribution is 2.14. The van der Waals surface area contributed by atoms with Crippen LogP contribution in [0.2, 0.25) is 0 Å². The molecule has 1 rings (SSSR count). The Hall–Kier alpha value is -0.220. The van der Waals surface area contributed by atoms with E-state index in [2.05, 4.69) is 29.9 Å². The third-order valence-corrected chi connectivity index (χ3v) is 3.02. The summed E-state index contributed by atoms with van der Waals surface area (Å²) in [4.78, 5) is 13.6. The van der Waals surface area contributed by atoms with Crippen LogP contribution in [0, 0.1) is 5.92 Å². The molecule has 0 saturated carbocycles. The summed E-state index contributed by atoms with van der Waals surface area (Å²) in [5.74, 6) is 0.703. The van der Waals surface area contributed by atoms with Crippen LogP contribution in [0.3, 0.4) is 0 Å². The van der Waals surface area contributed by atoms with Crippen LogP contribution in [-0.2, 0) is 4.79 Å². The summed E-state index contributed by atoms with van der Waals surface area (Å²) < 4.78 is 0. The van der Waals surface area contributed by atoms with E-state index in [9.17, 15) is 4.79 Å². The van der Waals surface area contributed by atoms with E-state index in [1.165, 1.54) is 12.8 Å². The van der Waals surface area contributed by atoms with Crippen molar-refractivity contribution in [2.24, 2.45) is 5.92 Å². The molecule has 0 aliphatic carbocycles. The van der Waals surface area contributed by atoms with Gasteiger partial charge in [0.25, 0.3) is 0 Å². The quantitative estimate of drug-likeness (QED) is 0.683. The summed E-state index contributed by atoms with van der Waals surface area (Å²) in [6, 6.07) is 0. The van der Waals surface area contributed by atoms with Gasteiger partial charge in [-0.05, 0) is 45.8 Å². The van der Waals surface area contributed by atoms with E-state index < -0.39 is 0 Å². The van der Waals surface area contributed by atoms with Gasteiger partial charge in [0.2, 0.25) is 5.91 Å². The number of hydrogen-bond acceptors (Lipinski definition) is 3. The molecule has 0 bridgehead atoms. The van der Waals surface area contributed by atoms with Crippen LogP contribution < -0.4 is 5.32 Å². The number of likely N-dealkylation sites (tertiary alicyclic amines) is 1. The summed E-state index contributed by atoms with van der Waals surface area (Å²) in [5, 5.41) is 2.74. The van der Waals surface area contributed by atoms with E-state index in [1.807, 2.05) is 0 Å². The Morgan fingerprint density at radius 2 is 2.14 bits per heavy atom. The second-order valence-corrected chi connectivity index (χ2v) is 4.94. The third kappa shape index (κ3) is 3.88. The number of nitrogens with one attached hydrogen (secondary N) is 1. The van der Waals surface area contributed by atoms with Crippen LogP contribution in [0.4, 0.5) is 0 Å². The Morgan fingerprint density at radius 1 is 1.57 bits per heavy atom. The van der Waals surface area contributed by atoms with Crippen molar-refractivity contribution in [3.8, 4) is 0 Å². The van der Waals surface area contributed by atoms with Crippen molar-refractivity contribution in [2.45, 2.75) is 25.0 Å². The zero-order valence-corrected chi connectivity index (χ0v) is 9.89. The van der Waals surface area contributed by atoms with Crippen molar-refractivity contribution in [1.29, 1.82) is 0 Å². The van der Waals surface area contributed by atoms with Crippen LogP contribution in [-0.4, -0.2) is 42.7 Å². The van der Waals surface area contributed by atoms with E-state index in [4.69, 9.17) is 0 Å². The molecule has 82 valence electrons. The number of carbonyl (C=O) groups is 1. The Bertz CT molecular complexity index is 189. The number of carbonyl (C=O) groups excluding carboxylic acids is 1. The molecule has 0 spiro atoms. The lowest BCUT2D eigenvalue weighted by molar-refractivity contribution is -0.120. The minimum Gasteiger partial charge on any atom is -0.355 e. The van der Waals surface area contributed by atoms with E-state index in [-0.39, 0.29) is 11.2 Å². The summed E-state index contributed by atoms with van der Waals surface area (Å²) in [5.41, 5.74) is 0. The summed E-state index contributed by atoms with van der Waals surface area (Å²) in [6.45, 7) is 4.92. The van der Waals surface area contributed by atoms with Crippen LogP contribution in [0.25, 0.3) is 0 Å². The van der Waals surface area contributed by atoms with Crippen molar-refractivity contribution >= 4 is 18.5 Å². The average molecular weight is 216 g/mol. The molecule has 0 aromatic rings. The monoisotopic (exact) mass is 216 g/mol. The minimum atomic E-state index is -0.193. The number of piperidine rings is 1. The van der Waals surface area contributed by atoms with Gasteiger partial charge in [0.15, 0.2) is 0 Å². The molecule has 1 fully saturated rings. The van der Waals surface area contributed by atoms with Crippen molar-refractivity contribution < 1.29 is 4.79 Å². The maximum Gasteiger partial charge on any atom is 0.232 e. The maximum atomic E-state index is 11.3. The Labute approximate surface area is 91.6 Å². The van der Waals surface area contributed by atoms with Crippen molar-refractivity contribution in [1.82, 2.24) is 10.2 Å². The van der Waals surface area contributed by atoms with Crippen LogP contribution in [0.5, 0.6) is 0 Å². The molecule has 0 radical (unpaired) electrons. The van der Waals surface area contributed by atoms with Gasteiger partial charge >= 0.3 is 0 Å². The number of amides is 1. The van der Waals surface area contributed by atoms with Gasteiger partial charge in [-0.2, -0.15) is 12.6 Å². The smallest absolute Gasteiger partial charge is 0.232 e. The van der Waals surface area contributed by atoms with Gasteiger partial charge in [-0.25, -0.2) is 0 Å². The van der Waals surface area contributed by atoms with Crippen LogP contribution >= 0.6 is 12.6 Å². The van der Waals surface area contributed by atoms with Gasteiger partial charge in [0.1, 0.15) is 0 Å². The summed E-state index contributed by atoms with van der Waals surface area (Å²) in [7, 11) is 2.14. The highest BCUT2D eigenvalue weighted by molar-refractivity contribution is 7.81. The third-order valence-electron chi connectivity index (χ3n) is 2.78. The normalized spacial score (nSPS) is 21.9. The van der Waals surface area contributed by atoms with E-state index >= 15 is 0 Å². The van der Waals surface area contributed by atoms with Crippen molar-refractivity contribution in [3.05, 3.63) is 0 Å². The van der Waals surface area contributed by atoms with E-state index in [0.717, 1.165) is 19.6 Å². The van der Waals surface area contributed by atoms with Gasteiger partial charge in [-0.1, -0.05) is 0 Å². The van der Waals surface area contributed by atoms with Gasteiger partial charge in [0.05, 0.1) is 5.25 Å². The molecular weight excluding hydrogens is 196 g/mol. The zero-order chi connectivity index (χ0) is 10.6. The molecule has 14 heavy (non-hydrogen) atoms. The molecule has 3 nitrogen and oxygen atoms in total. The molecule has 1 unspecified atom stereocenters. The summed E-state index contributed by atoms with van der Waals surface area (Å²) in [6.07, 6.45) is 2.38. The Kier molecular flexibility index (Phi) is 4.75. The molecule has 1 saturated heterocycles. The predicted octanol–water partition coefficient (Wildman–Crippen LogP) is 0.763. The number of hydrogen-bond donors (Lipinski definition) is 2. The van der Waals surface area contributed by atoms with Crippen molar-refractivity contribution in [3.63, 3.8) is 0 Å². The number of thiol groups is 1. The van der Waals surface area contributed by atoms with Gasteiger partial charge in [-0.15, -0.1) is 0 Å². The first-order chi connectivity index (χ1) is 6.59. The average Bonchev–Trinajstić information content (AvgIpc) is 2.16. The fraction of sp³-hybridized carbons (Fsp3) is 0.900. The number of nitrogens with zero attached hydrogens (tertiary/aromatic N) is 1. The highest BCUT2D eigenvalue weighted by atomic mass is 32.1. The molecule has 1 aliphatic rings. The molecule has 1 amide bonds. The molecular formula is C10H20N2OS. The Balaban J connectivity index is 2.16. The lowest BCUT2D eigenvalue weighted by atomic mass is 9.97. The Morgan fingerprint density at radius 3 is 2.64 bits per heavy atom. The summed E-state index contributed by atoms with van der Waals surface area (Å²) >= 11 is 4.08. The van der Waals surface area contributed by atoms with E-state index in [1.54, 1.807) is 6.92 Å². The lowest BCUT2D eigenvalue weighted by Gasteiger charge is -2.29. The van der Waals surface area contributed by atoms with Crippen LogP contribution in [0.15, 0.2) is 0 Å². The fourth-order valence-corrected chi connectivity index (χ4v) is 1.75. The maximum absolute atomic E-state index is 11.3. The minimum absolute atomic E-state index is 0.0484. The molecule has 1 atom stereocenters. The first-order valence-electron chi connectivity index (χ1n) is 5.24. The molecule has 1 N–H and O–H groups in total. The van der Waals surface area contributed by atoms with E-state index in [0.29, 0.717) is 5.92 Å². The van der Waals surface area contributed by atoms with Gasteiger partial charge in [0, 0.05) is 6.54 Å². The van der Waals surface area contributed by atoms with Gasteiger partial charge in [-0.3, -0.25) is 4.79 Å². The lowest BCUT2D eigenvalue weighted by Crippen LogP contribution is -2.38. The predicted molar refractivity (Wildman–Crippen MR) is 61.7 cm³/mol. The highest BCUT2D eigenvalue weighted by Gasteiger charge is 2.17. The molecule has 0 aromatic carbocycles. The fourth-order valence-electron chi connectivity index (χ4n) is 1.66. The van der Waals surface area contributed by atoms with Crippen LogP contribution in [0.1, 0.15) is 19.8 Å². The first-order valence-corrected chi connectivity index (χ1v) is 5.75. The standard InChI is InChI=1S/C10H20N2OS/c1-8(14)10(13)11-7-9-3-5-12(2)6-4-9/h8-9,14H,3-7H2,1-2H3,(H,11,13). The first kappa shape index (κ1) is 11.9.